The second-order valence-corrected chi connectivity index (χ2v) is 6.52. The molecular formula is C12H16ClN2O5P. The number of rotatable bonds is 6. The SMILES string of the molecule is CNC(=O)c1ccc(Cl)cc1NC(=O)CCCP(=O)(O)O. The van der Waals surface area contributed by atoms with Crippen LogP contribution in [0.25, 0.3) is 0 Å². The topological polar surface area (TPSA) is 116 Å². The van der Waals surface area contributed by atoms with Crippen molar-refractivity contribution in [2.45, 2.75) is 12.8 Å². The highest BCUT2D eigenvalue weighted by molar-refractivity contribution is 7.51. The highest BCUT2D eigenvalue weighted by atomic mass is 35.5. The van der Waals surface area contributed by atoms with Gasteiger partial charge in [0.25, 0.3) is 5.91 Å². The Balaban J connectivity index is 2.73. The van der Waals surface area contributed by atoms with Gasteiger partial charge in [-0.15, -0.1) is 0 Å². The summed E-state index contributed by atoms with van der Waals surface area (Å²) in [5, 5.41) is 5.31. The van der Waals surface area contributed by atoms with E-state index >= 15 is 0 Å². The van der Waals surface area contributed by atoms with E-state index in [2.05, 4.69) is 10.6 Å². The molecule has 0 heterocycles. The number of carbonyl (C=O) groups is 2. The molecule has 116 valence electrons. The van der Waals surface area contributed by atoms with Gasteiger partial charge in [-0.25, -0.2) is 0 Å². The van der Waals surface area contributed by atoms with E-state index in [1.807, 2.05) is 0 Å². The molecule has 0 saturated heterocycles. The van der Waals surface area contributed by atoms with Crippen LogP contribution in [-0.2, 0) is 9.36 Å². The van der Waals surface area contributed by atoms with E-state index in [0.717, 1.165) is 0 Å². The molecule has 9 heteroatoms. The molecule has 0 radical (unpaired) electrons. The predicted octanol–water partition coefficient (Wildman–Crippen LogP) is 1.60. The third-order valence-corrected chi connectivity index (χ3v) is 3.71. The molecule has 0 bridgehead atoms. The summed E-state index contributed by atoms with van der Waals surface area (Å²) in [6.07, 6.45) is -0.380. The smallest absolute Gasteiger partial charge is 0.325 e. The van der Waals surface area contributed by atoms with Gasteiger partial charge in [0.1, 0.15) is 0 Å². The molecule has 21 heavy (non-hydrogen) atoms. The lowest BCUT2D eigenvalue weighted by molar-refractivity contribution is -0.116. The van der Waals surface area contributed by atoms with E-state index in [4.69, 9.17) is 21.4 Å². The quantitative estimate of drug-likeness (QED) is 0.590. The van der Waals surface area contributed by atoms with Crippen molar-refractivity contribution in [2.75, 3.05) is 18.5 Å². The molecule has 7 nitrogen and oxygen atoms in total. The summed E-state index contributed by atoms with van der Waals surface area (Å²) in [6, 6.07) is 4.44. The van der Waals surface area contributed by atoms with Crippen molar-refractivity contribution in [2.24, 2.45) is 0 Å². The van der Waals surface area contributed by atoms with Crippen molar-refractivity contribution in [1.29, 1.82) is 0 Å². The summed E-state index contributed by atoms with van der Waals surface area (Å²) >= 11 is 5.83. The zero-order chi connectivity index (χ0) is 16.0. The standard InChI is InChI=1S/C12H16ClN2O5P/c1-14-12(17)9-5-4-8(13)7-10(9)15-11(16)3-2-6-21(18,19)20/h4-5,7H,2-3,6H2,1H3,(H,14,17)(H,15,16)(H2,18,19,20). The average molecular weight is 335 g/mol. The van der Waals surface area contributed by atoms with Gasteiger partial charge in [-0.05, 0) is 24.6 Å². The molecule has 0 aliphatic heterocycles. The van der Waals surface area contributed by atoms with Crippen molar-refractivity contribution in [3.8, 4) is 0 Å². The van der Waals surface area contributed by atoms with Crippen LogP contribution in [0.3, 0.4) is 0 Å². The number of hydrogen-bond acceptors (Lipinski definition) is 3. The fourth-order valence-electron chi connectivity index (χ4n) is 1.61. The first-order valence-electron chi connectivity index (χ1n) is 6.09. The van der Waals surface area contributed by atoms with Gasteiger partial charge >= 0.3 is 7.60 Å². The van der Waals surface area contributed by atoms with Crippen molar-refractivity contribution in [3.63, 3.8) is 0 Å². The molecule has 0 aliphatic rings. The second-order valence-electron chi connectivity index (χ2n) is 4.31. The summed E-state index contributed by atoms with van der Waals surface area (Å²) in [6.45, 7) is 0. The number of amides is 2. The molecule has 0 saturated carbocycles. The van der Waals surface area contributed by atoms with Gasteiger partial charge in [-0.1, -0.05) is 11.6 Å². The summed E-state index contributed by atoms with van der Waals surface area (Å²) in [4.78, 5) is 40.8. The van der Waals surface area contributed by atoms with E-state index in [-0.39, 0.29) is 36.2 Å². The minimum atomic E-state index is -4.11. The maximum atomic E-state index is 11.7. The predicted molar refractivity (Wildman–Crippen MR) is 79.6 cm³/mol. The summed E-state index contributed by atoms with van der Waals surface area (Å²) in [7, 11) is -2.65. The molecule has 1 aromatic carbocycles. The lowest BCUT2D eigenvalue weighted by Crippen LogP contribution is -2.21. The first-order chi connectivity index (χ1) is 9.73. The lowest BCUT2D eigenvalue weighted by atomic mass is 10.1. The number of benzene rings is 1. The minimum absolute atomic E-state index is 0.0476. The van der Waals surface area contributed by atoms with Crippen LogP contribution >= 0.6 is 19.2 Å². The van der Waals surface area contributed by atoms with E-state index < -0.39 is 13.5 Å². The van der Waals surface area contributed by atoms with Crippen LogP contribution in [0.1, 0.15) is 23.2 Å². The van der Waals surface area contributed by atoms with E-state index in [1.165, 1.54) is 25.2 Å². The molecule has 0 atom stereocenters. The number of halogens is 1. The average Bonchev–Trinajstić information content (AvgIpc) is 2.36. The van der Waals surface area contributed by atoms with Gasteiger partial charge in [-0.2, -0.15) is 0 Å². The Morgan fingerprint density at radius 3 is 2.57 bits per heavy atom. The zero-order valence-electron chi connectivity index (χ0n) is 11.3. The number of carbonyl (C=O) groups excluding carboxylic acids is 2. The molecule has 0 spiro atoms. The Kier molecular flexibility index (Phi) is 6.36. The largest absolute Gasteiger partial charge is 0.355 e. The zero-order valence-corrected chi connectivity index (χ0v) is 12.9. The van der Waals surface area contributed by atoms with E-state index in [9.17, 15) is 14.2 Å². The molecule has 4 N–H and O–H groups in total. The highest BCUT2D eigenvalue weighted by Gasteiger charge is 2.15. The Morgan fingerprint density at radius 1 is 1.33 bits per heavy atom. The molecule has 0 aliphatic carbocycles. The van der Waals surface area contributed by atoms with Gasteiger partial charge in [0.05, 0.1) is 17.4 Å². The van der Waals surface area contributed by atoms with Gasteiger partial charge in [0.2, 0.25) is 5.91 Å². The molecule has 1 rings (SSSR count). The molecule has 1 aromatic rings. The van der Waals surface area contributed by atoms with Crippen molar-refractivity contribution in [1.82, 2.24) is 5.32 Å². The normalized spacial score (nSPS) is 11.0. The van der Waals surface area contributed by atoms with Crippen molar-refractivity contribution in [3.05, 3.63) is 28.8 Å². The summed E-state index contributed by atoms with van der Waals surface area (Å²) < 4.78 is 10.7. The van der Waals surface area contributed by atoms with Crippen LogP contribution in [0.4, 0.5) is 5.69 Å². The maximum absolute atomic E-state index is 11.7. The Hall–Kier alpha value is -1.40. The first-order valence-corrected chi connectivity index (χ1v) is 8.26. The monoisotopic (exact) mass is 334 g/mol. The fourth-order valence-corrected chi connectivity index (χ4v) is 2.35. The van der Waals surface area contributed by atoms with Crippen LogP contribution in [0, 0.1) is 0 Å². The Bertz CT molecular complexity index is 587. The van der Waals surface area contributed by atoms with Crippen LogP contribution < -0.4 is 10.6 Å². The maximum Gasteiger partial charge on any atom is 0.325 e. The van der Waals surface area contributed by atoms with Gasteiger partial charge in [-0.3, -0.25) is 14.2 Å². The van der Waals surface area contributed by atoms with Crippen LogP contribution in [0.5, 0.6) is 0 Å². The van der Waals surface area contributed by atoms with Gasteiger partial charge < -0.3 is 20.4 Å². The third kappa shape index (κ3) is 6.27. The van der Waals surface area contributed by atoms with Crippen LogP contribution in [0.2, 0.25) is 5.02 Å². The third-order valence-electron chi connectivity index (χ3n) is 2.58. The minimum Gasteiger partial charge on any atom is -0.355 e. The number of nitrogens with one attached hydrogen (secondary N) is 2. The van der Waals surface area contributed by atoms with Gasteiger partial charge in [0, 0.05) is 18.5 Å². The van der Waals surface area contributed by atoms with E-state index in [0.29, 0.717) is 5.02 Å². The summed E-state index contributed by atoms with van der Waals surface area (Å²) in [5.41, 5.74) is 0.508. The molecular weight excluding hydrogens is 319 g/mol. The van der Waals surface area contributed by atoms with Gasteiger partial charge in [0.15, 0.2) is 0 Å². The molecule has 0 aromatic heterocycles. The van der Waals surface area contributed by atoms with E-state index in [1.54, 1.807) is 0 Å². The summed E-state index contributed by atoms with van der Waals surface area (Å²) in [5.74, 6) is -0.826. The number of hydrogen-bond donors (Lipinski definition) is 4. The molecule has 0 unspecified atom stereocenters. The van der Waals surface area contributed by atoms with Crippen molar-refractivity contribution < 1.29 is 23.9 Å². The van der Waals surface area contributed by atoms with Crippen LogP contribution in [-0.4, -0.2) is 34.8 Å². The Labute approximate surface area is 126 Å². The Morgan fingerprint density at radius 2 is 2.00 bits per heavy atom. The second kappa shape index (κ2) is 7.56. The molecule has 0 fully saturated rings. The molecule has 2 amide bonds. The highest BCUT2D eigenvalue weighted by Crippen LogP contribution is 2.35. The number of anilines is 1. The first kappa shape index (κ1) is 17.7. The lowest BCUT2D eigenvalue weighted by Gasteiger charge is -2.11. The van der Waals surface area contributed by atoms with Crippen molar-refractivity contribution >= 4 is 36.7 Å². The fraction of sp³-hybridized carbons (Fsp3) is 0.333. The van der Waals surface area contributed by atoms with Crippen LogP contribution in [0.15, 0.2) is 18.2 Å².